The average molecular weight is 479 g/mol. The van der Waals surface area contributed by atoms with E-state index >= 15 is 0 Å². The molecule has 1 aliphatic heterocycles. The van der Waals surface area contributed by atoms with Crippen LogP contribution in [0.2, 0.25) is 0 Å². The van der Waals surface area contributed by atoms with E-state index in [4.69, 9.17) is 5.73 Å². The number of nitrogens with zero attached hydrogens (tertiary/aromatic N) is 1. The van der Waals surface area contributed by atoms with E-state index in [0.29, 0.717) is 38.0 Å². The number of aliphatic carboxylic acids is 1. The molecular formula is C19H34N4O6S2. The molecule has 178 valence electrons. The van der Waals surface area contributed by atoms with E-state index in [1.807, 2.05) is 12.5 Å². The van der Waals surface area contributed by atoms with E-state index in [1.165, 1.54) is 23.6 Å². The van der Waals surface area contributed by atoms with Crippen LogP contribution in [-0.4, -0.2) is 99.6 Å². The first-order valence-corrected chi connectivity index (χ1v) is 13.0. The summed E-state index contributed by atoms with van der Waals surface area (Å²) in [6.45, 7) is 1.60. The summed E-state index contributed by atoms with van der Waals surface area (Å²) in [5, 5.41) is 23.8. The van der Waals surface area contributed by atoms with Crippen LogP contribution in [0, 0.1) is 0 Å². The summed E-state index contributed by atoms with van der Waals surface area (Å²) in [6, 6.07) is -3.86. The molecule has 1 heterocycles. The lowest BCUT2D eigenvalue weighted by atomic mass is 10.1. The number of hydrogen-bond acceptors (Lipinski definition) is 8. The Morgan fingerprint density at radius 3 is 2.29 bits per heavy atom. The number of aliphatic hydroxyl groups is 1. The molecule has 0 aromatic rings. The van der Waals surface area contributed by atoms with Crippen molar-refractivity contribution in [1.82, 2.24) is 15.5 Å². The molecular weight excluding hydrogens is 444 g/mol. The summed E-state index contributed by atoms with van der Waals surface area (Å²) < 4.78 is 0. The molecule has 5 atom stereocenters. The van der Waals surface area contributed by atoms with E-state index in [2.05, 4.69) is 10.6 Å². The number of aliphatic hydroxyl groups excluding tert-OH is 1. The van der Waals surface area contributed by atoms with Gasteiger partial charge in [-0.2, -0.15) is 23.5 Å². The number of hydrogen-bond donors (Lipinski definition) is 5. The Bertz CT molecular complexity index is 637. The number of nitrogens with two attached hydrogens (primary N) is 1. The van der Waals surface area contributed by atoms with Crippen LogP contribution in [0.4, 0.5) is 0 Å². The van der Waals surface area contributed by atoms with Crippen LogP contribution >= 0.6 is 23.5 Å². The van der Waals surface area contributed by atoms with Gasteiger partial charge in [0.25, 0.3) is 0 Å². The molecule has 0 spiro atoms. The molecule has 10 nitrogen and oxygen atoms in total. The lowest BCUT2D eigenvalue weighted by molar-refractivity contribution is -0.147. The fraction of sp³-hybridized carbons (Fsp3) is 0.789. The topological polar surface area (TPSA) is 162 Å². The summed E-state index contributed by atoms with van der Waals surface area (Å²) in [7, 11) is 0. The monoisotopic (exact) mass is 478 g/mol. The van der Waals surface area contributed by atoms with Crippen LogP contribution in [0.25, 0.3) is 0 Å². The molecule has 0 aliphatic carbocycles. The zero-order chi connectivity index (χ0) is 23.6. The van der Waals surface area contributed by atoms with Crippen LogP contribution in [0.1, 0.15) is 32.6 Å². The highest BCUT2D eigenvalue weighted by atomic mass is 32.2. The van der Waals surface area contributed by atoms with Crippen molar-refractivity contribution in [1.29, 1.82) is 0 Å². The minimum Gasteiger partial charge on any atom is -0.480 e. The molecule has 0 radical (unpaired) electrons. The minimum atomic E-state index is -1.47. The highest BCUT2D eigenvalue weighted by Crippen LogP contribution is 2.20. The molecule has 0 aromatic carbocycles. The Hall–Kier alpha value is -1.50. The molecule has 3 amide bonds. The van der Waals surface area contributed by atoms with Crippen LogP contribution in [0.3, 0.4) is 0 Å². The Morgan fingerprint density at radius 2 is 1.74 bits per heavy atom. The Labute approximate surface area is 191 Å². The first-order valence-electron chi connectivity index (χ1n) is 10.2. The highest BCUT2D eigenvalue weighted by Gasteiger charge is 2.39. The number of amides is 3. The number of carboxylic acid groups (broad SMARTS) is 1. The van der Waals surface area contributed by atoms with E-state index in [9.17, 15) is 29.4 Å². The molecule has 0 aromatic heterocycles. The summed E-state index contributed by atoms with van der Waals surface area (Å²) in [5.74, 6) is -1.44. The predicted molar refractivity (Wildman–Crippen MR) is 122 cm³/mol. The standard InChI is InChI=1S/C19H34N4O6S2/c1-11(24)15(19(28)29)22-17(26)14-5-4-8-23(14)18(27)13(7-10-31-3)21-16(25)12(20)6-9-30-2/h11-15,24H,4-10,20H2,1-3H3,(H,21,25)(H,22,26)(H,28,29). The number of nitrogens with one attached hydrogen (secondary N) is 2. The molecule has 1 aliphatic rings. The molecule has 31 heavy (non-hydrogen) atoms. The molecule has 12 heteroatoms. The molecule has 1 fully saturated rings. The third kappa shape index (κ3) is 8.51. The maximum absolute atomic E-state index is 13.2. The number of thioether (sulfide) groups is 2. The zero-order valence-electron chi connectivity index (χ0n) is 18.2. The highest BCUT2D eigenvalue weighted by molar-refractivity contribution is 7.98. The summed E-state index contributed by atoms with van der Waals surface area (Å²) >= 11 is 3.11. The molecule has 5 unspecified atom stereocenters. The lowest BCUT2D eigenvalue weighted by Crippen LogP contribution is -2.58. The number of carbonyl (C=O) groups excluding carboxylic acids is 3. The van der Waals surface area contributed by atoms with Gasteiger partial charge in [-0.3, -0.25) is 14.4 Å². The maximum atomic E-state index is 13.2. The van der Waals surface area contributed by atoms with Crippen LogP contribution in [0.5, 0.6) is 0 Å². The summed E-state index contributed by atoms with van der Waals surface area (Å²) in [5.41, 5.74) is 5.92. The van der Waals surface area contributed by atoms with Crippen molar-refractivity contribution < 1.29 is 29.4 Å². The second-order valence-electron chi connectivity index (χ2n) is 7.49. The van der Waals surface area contributed by atoms with Crippen molar-refractivity contribution in [3.8, 4) is 0 Å². The van der Waals surface area contributed by atoms with Gasteiger partial charge in [0, 0.05) is 6.54 Å². The third-order valence-corrected chi connectivity index (χ3v) is 6.37. The van der Waals surface area contributed by atoms with Gasteiger partial charge < -0.3 is 31.5 Å². The van der Waals surface area contributed by atoms with Crippen molar-refractivity contribution >= 4 is 47.2 Å². The van der Waals surface area contributed by atoms with Gasteiger partial charge in [0.15, 0.2) is 6.04 Å². The second-order valence-corrected chi connectivity index (χ2v) is 9.46. The van der Waals surface area contributed by atoms with Gasteiger partial charge in [-0.05, 0) is 56.6 Å². The van der Waals surface area contributed by atoms with Crippen LogP contribution in [0.15, 0.2) is 0 Å². The number of rotatable bonds is 13. The van der Waals surface area contributed by atoms with Gasteiger partial charge in [0.1, 0.15) is 12.1 Å². The molecule has 0 saturated carbocycles. The molecule has 0 bridgehead atoms. The molecule has 6 N–H and O–H groups in total. The minimum absolute atomic E-state index is 0.327. The molecule has 1 rings (SSSR count). The Balaban J connectivity index is 2.90. The zero-order valence-corrected chi connectivity index (χ0v) is 19.8. The van der Waals surface area contributed by atoms with Gasteiger partial charge in [-0.25, -0.2) is 4.79 Å². The Morgan fingerprint density at radius 1 is 1.13 bits per heavy atom. The fourth-order valence-electron chi connectivity index (χ4n) is 3.29. The SMILES string of the molecule is CSCCC(N)C(=O)NC(CCSC)C(=O)N1CCCC1C(=O)NC(C(=O)O)C(C)O. The van der Waals surface area contributed by atoms with Gasteiger partial charge in [0.2, 0.25) is 17.7 Å². The summed E-state index contributed by atoms with van der Waals surface area (Å²) in [4.78, 5) is 51.0. The third-order valence-electron chi connectivity index (χ3n) is 5.08. The van der Waals surface area contributed by atoms with E-state index in [-0.39, 0.29) is 5.91 Å². The first kappa shape index (κ1) is 27.5. The number of carbonyl (C=O) groups is 4. The average Bonchev–Trinajstić information content (AvgIpc) is 3.21. The predicted octanol–water partition coefficient (Wildman–Crippen LogP) is -0.754. The van der Waals surface area contributed by atoms with Crippen LogP contribution in [-0.2, 0) is 19.2 Å². The van der Waals surface area contributed by atoms with Crippen molar-refractivity contribution in [3.63, 3.8) is 0 Å². The van der Waals surface area contributed by atoms with Crippen molar-refractivity contribution in [2.24, 2.45) is 5.73 Å². The second kappa shape index (κ2) is 13.8. The summed E-state index contributed by atoms with van der Waals surface area (Å²) in [6.07, 6.45) is 4.34. The fourth-order valence-corrected chi connectivity index (χ4v) is 4.25. The van der Waals surface area contributed by atoms with Crippen molar-refractivity contribution in [3.05, 3.63) is 0 Å². The lowest BCUT2D eigenvalue weighted by Gasteiger charge is -2.30. The van der Waals surface area contributed by atoms with Gasteiger partial charge in [-0.1, -0.05) is 0 Å². The molecule has 1 saturated heterocycles. The van der Waals surface area contributed by atoms with Gasteiger partial charge in [0.05, 0.1) is 12.1 Å². The smallest absolute Gasteiger partial charge is 0.328 e. The van der Waals surface area contributed by atoms with Gasteiger partial charge >= 0.3 is 5.97 Å². The first-order chi connectivity index (χ1) is 14.6. The number of likely N-dealkylation sites (tertiary alicyclic amines) is 1. The van der Waals surface area contributed by atoms with Gasteiger partial charge in [-0.15, -0.1) is 0 Å². The van der Waals surface area contributed by atoms with Crippen molar-refractivity contribution in [2.45, 2.75) is 62.9 Å². The largest absolute Gasteiger partial charge is 0.480 e. The van der Waals surface area contributed by atoms with Crippen molar-refractivity contribution in [2.75, 3.05) is 30.6 Å². The quantitative estimate of drug-likeness (QED) is 0.229. The van der Waals surface area contributed by atoms with E-state index < -0.39 is 48.1 Å². The normalized spacial score (nSPS) is 19.9. The van der Waals surface area contributed by atoms with Crippen LogP contribution < -0.4 is 16.4 Å². The maximum Gasteiger partial charge on any atom is 0.328 e. The Kier molecular flexibility index (Phi) is 12.3. The van der Waals surface area contributed by atoms with E-state index in [1.54, 1.807) is 11.8 Å². The number of carboxylic acids is 1. The van der Waals surface area contributed by atoms with E-state index in [0.717, 1.165) is 5.75 Å².